The average Bonchev–Trinajstić information content (AvgIpc) is 2.38. The molecule has 0 unspecified atom stereocenters. The maximum absolute atomic E-state index is 5.31. The predicted octanol–water partition coefficient (Wildman–Crippen LogP) is 3.13. The van der Waals surface area contributed by atoms with Crippen molar-refractivity contribution in [3.05, 3.63) is 34.7 Å². The number of hydrogen-bond donors (Lipinski definition) is 1. The summed E-state index contributed by atoms with van der Waals surface area (Å²) in [6.45, 7) is 2.01. The van der Waals surface area contributed by atoms with E-state index < -0.39 is 0 Å². The number of nitrogens with one attached hydrogen (secondary N) is 1. The summed E-state index contributed by atoms with van der Waals surface area (Å²) < 4.78 is 11.0. The second-order valence-corrected chi connectivity index (χ2v) is 4.18. The Morgan fingerprint density at radius 2 is 2.00 bits per heavy atom. The Labute approximate surface area is 111 Å². The molecule has 18 heavy (non-hydrogen) atoms. The van der Waals surface area contributed by atoms with Crippen molar-refractivity contribution in [1.82, 2.24) is 9.97 Å². The highest BCUT2D eigenvalue weighted by atomic mass is 32.1. The number of H-pyrrole nitrogens is 1. The fourth-order valence-corrected chi connectivity index (χ4v) is 2.06. The van der Waals surface area contributed by atoms with Gasteiger partial charge in [0.05, 0.1) is 26.2 Å². The number of nitrogens with zero attached hydrogens (tertiary/aromatic N) is 1. The summed E-state index contributed by atoms with van der Waals surface area (Å²) in [5, 5.41) is 0. The molecule has 0 spiro atoms. The van der Waals surface area contributed by atoms with E-state index in [2.05, 4.69) is 9.97 Å². The first kappa shape index (κ1) is 12.6. The second-order valence-electron chi connectivity index (χ2n) is 3.80. The van der Waals surface area contributed by atoms with Crippen molar-refractivity contribution >= 4 is 12.2 Å². The summed E-state index contributed by atoms with van der Waals surface area (Å²) in [5.41, 5.74) is 2.92. The van der Waals surface area contributed by atoms with Crippen molar-refractivity contribution in [2.24, 2.45) is 0 Å². The average molecular weight is 262 g/mol. The Hall–Kier alpha value is -1.88. The van der Waals surface area contributed by atoms with Gasteiger partial charge in [0, 0.05) is 5.56 Å². The minimum absolute atomic E-state index is 0.446. The van der Waals surface area contributed by atoms with Crippen molar-refractivity contribution in [3.63, 3.8) is 0 Å². The molecule has 0 aliphatic rings. The number of hydrogen-bond acceptors (Lipinski definition) is 4. The van der Waals surface area contributed by atoms with Crippen LogP contribution in [-0.4, -0.2) is 24.2 Å². The zero-order valence-electron chi connectivity index (χ0n) is 10.5. The lowest BCUT2D eigenvalue weighted by Crippen LogP contribution is -1.96. The van der Waals surface area contributed by atoms with E-state index in [9.17, 15) is 0 Å². The number of methoxy groups -OCH3 is 2. The minimum atomic E-state index is 0.446. The molecular formula is C13H14N2O2S. The Kier molecular flexibility index (Phi) is 3.62. The van der Waals surface area contributed by atoms with Gasteiger partial charge in [-0.3, -0.25) is 0 Å². The number of rotatable bonds is 3. The maximum Gasteiger partial charge on any atom is 0.179 e. The predicted molar refractivity (Wildman–Crippen MR) is 72.7 cm³/mol. The number of ether oxygens (including phenoxy) is 2. The van der Waals surface area contributed by atoms with Crippen LogP contribution in [0.4, 0.5) is 0 Å². The van der Waals surface area contributed by atoms with Crippen LogP contribution in [0.15, 0.2) is 24.5 Å². The Bertz CT molecular complexity index is 623. The molecule has 1 heterocycles. The molecule has 1 aromatic carbocycles. The van der Waals surface area contributed by atoms with Crippen LogP contribution < -0.4 is 9.47 Å². The van der Waals surface area contributed by atoms with E-state index >= 15 is 0 Å². The molecule has 1 aromatic heterocycles. The Morgan fingerprint density at radius 3 is 2.61 bits per heavy atom. The van der Waals surface area contributed by atoms with Crippen LogP contribution in [0.3, 0.4) is 0 Å². The molecule has 94 valence electrons. The summed E-state index contributed by atoms with van der Waals surface area (Å²) in [6.07, 6.45) is 1.57. The smallest absolute Gasteiger partial charge is 0.179 e. The molecule has 0 atom stereocenters. The zero-order valence-corrected chi connectivity index (χ0v) is 11.3. The second kappa shape index (κ2) is 5.18. The van der Waals surface area contributed by atoms with Gasteiger partial charge in [-0.15, -0.1) is 0 Å². The molecule has 2 rings (SSSR count). The Balaban J connectivity index is 2.62. The van der Waals surface area contributed by atoms with Gasteiger partial charge in [0.1, 0.15) is 5.75 Å². The van der Waals surface area contributed by atoms with Gasteiger partial charge in [-0.05, 0) is 30.7 Å². The topological polar surface area (TPSA) is 47.1 Å². The van der Waals surface area contributed by atoms with Crippen molar-refractivity contribution in [2.45, 2.75) is 6.92 Å². The molecule has 0 aliphatic heterocycles. The largest absolute Gasteiger partial charge is 0.497 e. The van der Waals surface area contributed by atoms with Crippen LogP contribution in [0.25, 0.3) is 11.3 Å². The molecule has 5 heteroatoms. The SMILES string of the molecule is COc1ccc(-c2[nH]cnc(=S)c2OC)c(C)c1. The molecule has 4 nitrogen and oxygen atoms in total. The molecular weight excluding hydrogens is 248 g/mol. The third-order valence-electron chi connectivity index (χ3n) is 2.72. The van der Waals surface area contributed by atoms with Crippen molar-refractivity contribution < 1.29 is 9.47 Å². The van der Waals surface area contributed by atoms with Crippen LogP contribution in [0.5, 0.6) is 11.5 Å². The van der Waals surface area contributed by atoms with Crippen LogP contribution in [0.2, 0.25) is 0 Å². The highest BCUT2D eigenvalue weighted by Crippen LogP contribution is 2.31. The van der Waals surface area contributed by atoms with Crippen molar-refractivity contribution in [2.75, 3.05) is 14.2 Å². The summed E-state index contributed by atoms with van der Waals surface area (Å²) in [6, 6.07) is 5.84. The molecule has 0 bridgehead atoms. The van der Waals surface area contributed by atoms with Gasteiger partial charge in [-0.2, -0.15) is 0 Å². The van der Waals surface area contributed by atoms with Crippen LogP contribution in [-0.2, 0) is 0 Å². The first-order valence-corrected chi connectivity index (χ1v) is 5.85. The fourth-order valence-electron chi connectivity index (χ4n) is 1.82. The van der Waals surface area contributed by atoms with E-state index in [1.54, 1.807) is 20.5 Å². The highest BCUT2D eigenvalue weighted by Gasteiger charge is 2.11. The van der Waals surface area contributed by atoms with E-state index in [0.717, 1.165) is 22.6 Å². The van der Waals surface area contributed by atoms with E-state index in [1.807, 2.05) is 25.1 Å². The number of aryl methyl sites for hydroxylation is 1. The first-order valence-electron chi connectivity index (χ1n) is 5.44. The third-order valence-corrected chi connectivity index (χ3v) is 3.01. The quantitative estimate of drug-likeness (QED) is 0.863. The lowest BCUT2D eigenvalue weighted by molar-refractivity contribution is 0.410. The zero-order chi connectivity index (χ0) is 13.1. The van der Waals surface area contributed by atoms with Gasteiger partial charge < -0.3 is 14.5 Å². The van der Waals surface area contributed by atoms with Crippen molar-refractivity contribution in [3.8, 4) is 22.8 Å². The first-order chi connectivity index (χ1) is 8.67. The molecule has 0 saturated carbocycles. The van der Waals surface area contributed by atoms with E-state index in [1.165, 1.54) is 0 Å². The number of aromatic amines is 1. The van der Waals surface area contributed by atoms with E-state index in [-0.39, 0.29) is 0 Å². The summed E-state index contributed by atoms with van der Waals surface area (Å²) in [5.74, 6) is 1.41. The molecule has 0 saturated heterocycles. The van der Waals surface area contributed by atoms with Crippen LogP contribution in [0.1, 0.15) is 5.56 Å². The normalized spacial score (nSPS) is 10.2. The van der Waals surface area contributed by atoms with Crippen LogP contribution >= 0.6 is 12.2 Å². The van der Waals surface area contributed by atoms with Gasteiger partial charge in [0.25, 0.3) is 0 Å². The van der Waals surface area contributed by atoms with Gasteiger partial charge in [-0.25, -0.2) is 4.98 Å². The highest BCUT2D eigenvalue weighted by molar-refractivity contribution is 7.71. The standard InChI is InChI=1S/C13H14N2O2S/c1-8-6-9(16-2)4-5-10(8)11-12(17-3)13(18)15-7-14-11/h4-7H,1-3H3,(H,14,15,18). The number of aromatic nitrogens is 2. The molecule has 0 aliphatic carbocycles. The molecule has 0 fully saturated rings. The summed E-state index contributed by atoms with van der Waals surface area (Å²) >= 11 is 5.15. The van der Waals surface area contributed by atoms with Gasteiger partial charge in [0.2, 0.25) is 0 Å². The van der Waals surface area contributed by atoms with Gasteiger partial charge in [-0.1, -0.05) is 12.2 Å². The third kappa shape index (κ3) is 2.22. The van der Waals surface area contributed by atoms with E-state index in [4.69, 9.17) is 21.7 Å². The Morgan fingerprint density at radius 1 is 1.22 bits per heavy atom. The molecule has 0 radical (unpaired) electrons. The lowest BCUT2D eigenvalue weighted by Gasteiger charge is -2.11. The van der Waals surface area contributed by atoms with E-state index in [0.29, 0.717) is 10.4 Å². The lowest BCUT2D eigenvalue weighted by atomic mass is 10.0. The van der Waals surface area contributed by atoms with Crippen molar-refractivity contribution in [1.29, 1.82) is 0 Å². The number of benzene rings is 1. The monoisotopic (exact) mass is 262 g/mol. The summed E-state index contributed by atoms with van der Waals surface area (Å²) in [7, 11) is 3.23. The maximum atomic E-state index is 5.31. The molecule has 1 N–H and O–H groups in total. The van der Waals surface area contributed by atoms with Crippen LogP contribution in [0, 0.1) is 11.6 Å². The molecule has 2 aromatic rings. The summed E-state index contributed by atoms with van der Waals surface area (Å²) in [4.78, 5) is 7.09. The molecule has 0 amide bonds. The van der Waals surface area contributed by atoms with Gasteiger partial charge in [0.15, 0.2) is 10.4 Å². The fraction of sp³-hybridized carbons (Fsp3) is 0.231. The minimum Gasteiger partial charge on any atom is -0.497 e. The van der Waals surface area contributed by atoms with Gasteiger partial charge >= 0.3 is 0 Å².